The highest BCUT2D eigenvalue weighted by Gasteiger charge is 2.10. The molecular weight excluding hydrogens is 244 g/mol. The Morgan fingerprint density at radius 3 is 2.61 bits per heavy atom. The van der Waals surface area contributed by atoms with Crippen LogP contribution in [0.2, 0.25) is 0 Å². The molecule has 1 N–H and O–H groups in total. The first-order valence-electron chi connectivity index (χ1n) is 5.69. The Hall–Kier alpha value is -1.87. The molecule has 0 fully saturated rings. The third-order valence-corrected chi connectivity index (χ3v) is 3.83. The van der Waals surface area contributed by atoms with E-state index in [1.165, 1.54) is 11.8 Å². The molecule has 2 aromatic carbocycles. The van der Waals surface area contributed by atoms with Gasteiger partial charge in [-0.05, 0) is 47.7 Å². The second-order valence-corrected chi connectivity index (χ2v) is 5.12. The molecule has 0 atom stereocenters. The topological polar surface area (TPSA) is 33.4 Å². The molecule has 3 heteroatoms. The molecule has 1 aromatic heterocycles. The first-order chi connectivity index (χ1) is 8.74. The maximum absolute atomic E-state index is 10.0. The van der Waals surface area contributed by atoms with Gasteiger partial charge in [0, 0.05) is 0 Å². The van der Waals surface area contributed by atoms with Crippen molar-refractivity contribution in [2.75, 3.05) is 0 Å². The molecule has 0 bridgehead atoms. The molecule has 0 unspecified atom stereocenters. The zero-order chi connectivity index (χ0) is 12.5. The molecule has 90 valence electrons. The van der Waals surface area contributed by atoms with Gasteiger partial charge in [-0.1, -0.05) is 30.3 Å². The first-order valence-corrected chi connectivity index (χ1v) is 6.51. The van der Waals surface area contributed by atoms with E-state index in [0.29, 0.717) is 0 Å². The van der Waals surface area contributed by atoms with E-state index in [9.17, 15) is 5.11 Å². The van der Waals surface area contributed by atoms with Gasteiger partial charge in [0.2, 0.25) is 0 Å². The minimum absolute atomic E-state index is 0.285. The zero-order valence-corrected chi connectivity index (χ0v) is 10.7. The number of aryl methyl sites for hydroxylation is 1. The van der Waals surface area contributed by atoms with Crippen molar-refractivity contribution in [3.8, 4) is 5.75 Å². The summed E-state index contributed by atoms with van der Waals surface area (Å²) in [6.45, 7) is 1.91. The van der Waals surface area contributed by atoms with Crippen molar-refractivity contribution < 1.29 is 9.52 Å². The molecule has 0 saturated carbocycles. The van der Waals surface area contributed by atoms with E-state index >= 15 is 0 Å². The molecule has 0 aliphatic carbocycles. The molecule has 0 saturated heterocycles. The largest absolute Gasteiger partial charge is 0.507 e. The predicted molar refractivity (Wildman–Crippen MR) is 73.2 cm³/mol. The third kappa shape index (κ3) is 1.97. The van der Waals surface area contributed by atoms with E-state index in [2.05, 4.69) is 0 Å². The number of hydrogen-bond acceptors (Lipinski definition) is 3. The van der Waals surface area contributed by atoms with Gasteiger partial charge in [-0.3, -0.25) is 0 Å². The van der Waals surface area contributed by atoms with Gasteiger partial charge in [0.05, 0.1) is 4.90 Å². The Labute approximate surface area is 109 Å². The van der Waals surface area contributed by atoms with E-state index in [1.807, 2.05) is 49.4 Å². The molecule has 0 aliphatic heterocycles. The normalized spacial score (nSPS) is 10.9. The van der Waals surface area contributed by atoms with Gasteiger partial charge in [0.1, 0.15) is 11.5 Å². The summed E-state index contributed by atoms with van der Waals surface area (Å²) in [6, 6.07) is 15.5. The van der Waals surface area contributed by atoms with Crippen LogP contribution in [0.1, 0.15) is 5.76 Å². The minimum atomic E-state index is 0.285. The highest BCUT2D eigenvalue weighted by atomic mass is 32.2. The molecular formula is C15H12O2S. The van der Waals surface area contributed by atoms with Crippen molar-refractivity contribution in [2.45, 2.75) is 16.9 Å². The van der Waals surface area contributed by atoms with Crippen LogP contribution in [0.25, 0.3) is 10.8 Å². The number of fused-ring (bicyclic) bond motifs is 1. The number of rotatable bonds is 2. The fourth-order valence-electron chi connectivity index (χ4n) is 1.91. The lowest BCUT2D eigenvalue weighted by Gasteiger charge is -2.06. The smallest absolute Gasteiger partial charge is 0.165 e. The summed E-state index contributed by atoms with van der Waals surface area (Å²) in [6.07, 6.45) is 0. The van der Waals surface area contributed by atoms with Gasteiger partial charge in [0.15, 0.2) is 5.09 Å². The molecule has 0 spiro atoms. The fourth-order valence-corrected chi connectivity index (χ4v) is 2.89. The van der Waals surface area contributed by atoms with Crippen LogP contribution in [-0.2, 0) is 0 Å². The van der Waals surface area contributed by atoms with Crippen LogP contribution in [0.15, 0.2) is 62.9 Å². The van der Waals surface area contributed by atoms with E-state index in [4.69, 9.17) is 4.42 Å². The first kappa shape index (κ1) is 11.2. The molecule has 0 aliphatic rings. The highest BCUT2D eigenvalue weighted by molar-refractivity contribution is 7.99. The third-order valence-electron chi connectivity index (χ3n) is 2.78. The Balaban J connectivity index is 2.12. The number of hydrogen-bond donors (Lipinski definition) is 1. The van der Waals surface area contributed by atoms with Crippen LogP contribution in [0.3, 0.4) is 0 Å². The summed E-state index contributed by atoms with van der Waals surface area (Å²) in [5, 5.41) is 13.0. The summed E-state index contributed by atoms with van der Waals surface area (Å²) in [5.41, 5.74) is 0. The lowest BCUT2D eigenvalue weighted by atomic mass is 10.1. The van der Waals surface area contributed by atoms with Gasteiger partial charge in [-0.2, -0.15) is 0 Å². The van der Waals surface area contributed by atoms with Crippen LogP contribution in [0.4, 0.5) is 0 Å². The molecule has 2 nitrogen and oxygen atoms in total. The highest BCUT2D eigenvalue weighted by Crippen LogP contribution is 2.40. The lowest BCUT2D eigenvalue weighted by Crippen LogP contribution is -1.79. The summed E-state index contributed by atoms with van der Waals surface area (Å²) in [5.74, 6) is 1.16. The van der Waals surface area contributed by atoms with Crippen LogP contribution in [0.5, 0.6) is 5.75 Å². The molecule has 3 aromatic rings. The SMILES string of the molecule is Cc1ccc(Sc2c(O)ccc3ccccc23)o1. The number of phenols is 1. The van der Waals surface area contributed by atoms with Crippen LogP contribution in [0, 0.1) is 6.92 Å². The summed E-state index contributed by atoms with van der Waals surface area (Å²) in [4.78, 5) is 0.836. The minimum Gasteiger partial charge on any atom is -0.507 e. The van der Waals surface area contributed by atoms with E-state index in [1.54, 1.807) is 6.07 Å². The average molecular weight is 256 g/mol. The Bertz CT molecular complexity index is 701. The second-order valence-electron chi connectivity index (χ2n) is 4.10. The standard InChI is InChI=1S/C15H12O2S/c1-10-6-9-14(17-10)18-15-12-5-3-2-4-11(12)7-8-13(15)16/h2-9,16H,1H3. The number of phenolic OH excluding ortho intramolecular Hbond substituents is 1. The van der Waals surface area contributed by atoms with E-state index < -0.39 is 0 Å². The van der Waals surface area contributed by atoms with Gasteiger partial charge < -0.3 is 9.52 Å². The summed E-state index contributed by atoms with van der Waals surface area (Å²) >= 11 is 1.45. The monoisotopic (exact) mass is 256 g/mol. The summed E-state index contributed by atoms with van der Waals surface area (Å²) in [7, 11) is 0. The van der Waals surface area contributed by atoms with Gasteiger partial charge in [-0.15, -0.1) is 0 Å². The Kier molecular flexibility index (Phi) is 2.76. The van der Waals surface area contributed by atoms with Gasteiger partial charge >= 0.3 is 0 Å². The van der Waals surface area contributed by atoms with Crippen molar-refractivity contribution in [3.63, 3.8) is 0 Å². The summed E-state index contributed by atoms with van der Waals surface area (Å²) < 4.78 is 5.54. The lowest BCUT2D eigenvalue weighted by molar-refractivity contribution is 0.445. The Morgan fingerprint density at radius 2 is 1.83 bits per heavy atom. The predicted octanol–water partition coefficient (Wildman–Crippen LogP) is 4.60. The van der Waals surface area contributed by atoms with Crippen molar-refractivity contribution >= 4 is 22.5 Å². The number of benzene rings is 2. The quantitative estimate of drug-likeness (QED) is 0.727. The van der Waals surface area contributed by atoms with Gasteiger partial charge in [-0.25, -0.2) is 0 Å². The van der Waals surface area contributed by atoms with Crippen molar-refractivity contribution in [1.29, 1.82) is 0 Å². The Morgan fingerprint density at radius 1 is 1.00 bits per heavy atom. The van der Waals surface area contributed by atoms with E-state index in [-0.39, 0.29) is 5.75 Å². The molecule has 0 amide bonds. The second kappa shape index (κ2) is 4.42. The average Bonchev–Trinajstić information content (AvgIpc) is 2.79. The molecule has 0 radical (unpaired) electrons. The van der Waals surface area contributed by atoms with Crippen LogP contribution >= 0.6 is 11.8 Å². The maximum atomic E-state index is 10.0. The molecule has 3 rings (SSSR count). The molecule has 18 heavy (non-hydrogen) atoms. The number of furan rings is 1. The fraction of sp³-hybridized carbons (Fsp3) is 0.0667. The number of aromatic hydroxyl groups is 1. The van der Waals surface area contributed by atoms with Gasteiger partial charge in [0.25, 0.3) is 0 Å². The molecule has 1 heterocycles. The van der Waals surface area contributed by atoms with Crippen molar-refractivity contribution in [1.82, 2.24) is 0 Å². The zero-order valence-electron chi connectivity index (χ0n) is 9.88. The maximum Gasteiger partial charge on any atom is 0.165 e. The van der Waals surface area contributed by atoms with Crippen LogP contribution in [-0.4, -0.2) is 5.11 Å². The van der Waals surface area contributed by atoms with Crippen molar-refractivity contribution in [3.05, 3.63) is 54.3 Å². The van der Waals surface area contributed by atoms with Crippen LogP contribution < -0.4 is 0 Å². The van der Waals surface area contributed by atoms with E-state index in [0.717, 1.165) is 26.5 Å². The van der Waals surface area contributed by atoms with Crippen molar-refractivity contribution in [2.24, 2.45) is 0 Å².